The van der Waals surface area contributed by atoms with Crippen LogP contribution in [0.15, 0.2) is 58.3 Å². The van der Waals surface area contributed by atoms with Crippen LogP contribution < -0.4 is 10.0 Å². The number of carbonyl (C=O) groups is 2. The minimum absolute atomic E-state index is 0.0169. The second-order valence-electron chi connectivity index (χ2n) is 5.60. The molecule has 2 N–H and O–H groups in total. The summed E-state index contributed by atoms with van der Waals surface area (Å²) >= 11 is 0.734. The fraction of sp³-hybridized carbons (Fsp3) is 0.0588. The predicted octanol–water partition coefficient (Wildman–Crippen LogP) is 3.83. The molecular formula is C17H11F3N2O4S2. The summed E-state index contributed by atoms with van der Waals surface area (Å²) in [5.74, 6) is -0.532. The van der Waals surface area contributed by atoms with Crippen LogP contribution in [-0.2, 0) is 21.0 Å². The van der Waals surface area contributed by atoms with Crippen molar-refractivity contribution in [2.24, 2.45) is 0 Å². The predicted molar refractivity (Wildman–Crippen MR) is 97.8 cm³/mol. The normalized spacial score (nSPS) is 16.3. The van der Waals surface area contributed by atoms with Gasteiger partial charge in [-0.25, -0.2) is 8.42 Å². The largest absolute Gasteiger partial charge is 0.416 e. The number of hydrogen-bond donors (Lipinski definition) is 2. The van der Waals surface area contributed by atoms with Crippen molar-refractivity contribution in [1.29, 1.82) is 0 Å². The molecule has 1 aliphatic rings. The van der Waals surface area contributed by atoms with Crippen LogP contribution in [0.25, 0.3) is 6.08 Å². The lowest BCUT2D eigenvalue weighted by Crippen LogP contribution is -2.17. The third-order valence-corrected chi connectivity index (χ3v) is 5.80. The van der Waals surface area contributed by atoms with E-state index in [1.165, 1.54) is 30.3 Å². The summed E-state index contributed by atoms with van der Waals surface area (Å²) in [4.78, 5) is 22.7. The van der Waals surface area contributed by atoms with Crippen LogP contribution in [-0.4, -0.2) is 19.6 Å². The van der Waals surface area contributed by atoms with E-state index < -0.39 is 32.9 Å². The van der Waals surface area contributed by atoms with Gasteiger partial charge in [0.1, 0.15) is 0 Å². The smallest absolute Gasteiger partial charge is 0.282 e. The van der Waals surface area contributed by atoms with Crippen LogP contribution in [0.5, 0.6) is 0 Å². The van der Waals surface area contributed by atoms with Crippen molar-refractivity contribution in [2.45, 2.75) is 11.1 Å². The molecule has 11 heteroatoms. The first kappa shape index (κ1) is 20.0. The van der Waals surface area contributed by atoms with Crippen molar-refractivity contribution in [2.75, 3.05) is 4.72 Å². The zero-order valence-corrected chi connectivity index (χ0v) is 15.4. The number of nitrogens with one attached hydrogen (secondary N) is 2. The van der Waals surface area contributed by atoms with Gasteiger partial charge in [0, 0.05) is 5.69 Å². The van der Waals surface area contributed by atoms with Gasteiger partial charge in [0.05, 0.1) is 15.4 Å². The lowest BCUT2D eigenvalue weighted by Gasteiger charge is -2.10. The maximum absolute atomic E-state index is 12.6. The first-order chi connectivity index (χ1) is 13.0. The highest BCUT2D eigenvalue weighted by atomic mass is 32.2. The van der Waals surface area contributed by atoms with Crippen molar-refractivity contribution < 1.29 is 31.2 Å². The summed E-state index contributed by atoms with van der Waals surface area (Å²) in [6.07, 6.45) is -3.08. The van der Waals surface area contributed by atoms with Gasteiger partial charge in [0.25, 0.3) is 21.2 Å². The van der Waals surface area contributed by atoms with Gasteiger partial charge < -0.3 is 0 Å². The van der Waals surface area contributed by atoms with Gasteiger partial charge in [-0.1, -0.05) is 12.1 Å². The van der Waals surface area contributed by atoms with E-state index in [0.717, 1.165) is 36.0 Å². The zero-order valence-electron chi connectivity index (χ0n) is 13.8. The summed E-state index contributed by atoms with van der Waals surface area (Å²) in [5.41, 5.74) is -0.405. The highest BCUT2D eigenvalue weighted by Gasteiger charge is 2.30. The van der Waals surface area contributed by atoms with Crippen molar-refractivity contribution in [3.05, 3.63) is 64.6 Å². The molecule has 6 nitrogen and oxygen atoms in total. The monoisotopic (exact) mass is 428 g/mol. The summed E-state index contributed by atoms with van der Waals surface area (Å²) in [7, 11) is -4.02. The van der Waals surface area contributed by atoms with Gasteiger partial charge >= 0.3 is 6.18 Å². The Morgan fingerprint density at radius 1 is 0.964 bits per heavy atom. The number of thioether (sulfide) groups is 1. The summed E-state index contributed by atoms with van der Waals surface area (Å²) in [6.45, 7) is 0. The Kier molecular flexibility index (Phi) is 5.22. The maximum Gasteiger partial charge on any atom is 0.416 e. The van der Waals surface area contributed by atoms with E-state index in [4.69, 9.17) is 0 Å². The Bertz CT molecular complexity index is 1060. The molecule has 0 spiro atoms. The molecule has 0 unspecified atom stereocenters. The Morgan fingerprint density at radius 2 is 1.57 bits per heavy atom. The molecule has 2 aromatic rings. The minimum atomic E-state index is -4.51. The van der Waals surface area contributed by atoms with E-state index in [9.17, 15) is 31.2 Å². The van der Waals surface area contributed by atoms with Crippen molar-refractivity contribution in [3.8, 4) is 0 Å². The van der Waals surface area contributed by atoms with Gasteiger partial charge in [-0.15, -0.1) is 0 Å². The van der Waals surface area contributed by atoms with Crippen molar-refractivity contribution >= 4 is 44.7 Å². The molecular weight excluding hydrogens is 417 g/mol. The lowest BCUT2D eigenvalue weighted by molar-refractivity contribution is -0.137. The molecule has 1 fully saturated rings. The van der Waals surface area contributed by atoms with E-state index in [2.05, 4.69) is 10.0 Å². The molecule has 146 valence electrons. The number of alkyl halides is 3. The van der Waals surface area contributed by atoms with E-state index in [0.29, 0.717) is 5.56 Å². The molecule has 1 aliphatic heterocycles. The number of halogens is 3. The zero-order chi connectivity index (χ0) is 20.5. The summed E-state index contributed by atoms with van der Waals surface area (Å²) < 4.78 is 64.6. The van der Waals surface area contributed by atoms with Gasteiger partial charge in [0.2, 0.25) is 0 Å². The standard InChI is InChI=1S/C17H11F3N2O4S2/c18-17(19,20)11-3-5-12(6-4-11)22-28(25,26)13-7-1-10(2-8-13)9-14-15(23)21-16(24)27-14/h1-9,22H,(H,21,23,24). The number of amides is 2. The first-order valence-corrected chi connectivity index (χ1v) is 9.89. The number of carbonyl (C=O) groups excluding carboxylic acids is 2. The van der Waals surface area contributed by atoms with Crippen LogP contribution >= 0.6 is 11.8 Å². The number of sulfonamides is 1. The Morgan fingerprint density at radius 3 is 2.07 bits per heavy atom. The van der Waals surface area contributed by atoms with Crippen LogP contribution in [0.1, 0.15) is 11.1 Å². The third kappa shape index (κ3) is 4.54. The van der Waals surface area contributed by atoms with Crippen LogP contribution in [0, 0.1) is 0 Å². The molecule has 2 aromatic carbocycles. The fourth-order valence-corrected chi connectivity index (χ4v) is 4.00. The van der Waals surface area contributed by atoms with Gasteiger partial charge in [-0.05, 0) is 59.8 Å². The van der Waals surface area contributed by atoms with Crippen LogP contribution in [0.2, 0.25) is 0 Å². The number of imide groups is 1. The van der Waals surface area contributed by atoms with E-state index in [1.807, 2.05) is 0 Å². The van der Waals surface area contributed by atoms with E-state index in [-0.39, 0.29) is 15.5 Å². The molecule has 3 rings (SSSR count). The van der Waals surface area contributed by atoms with Crippen LogP contribution in [0.3, 0.4) is 0 Å². The minimum Gasteiger partial charge on any atom is -0.282 e. The van der Waals surface area contributed by atoms with Crippen molar-refractivity contribution in [1.82, 2.24) is 5.32 Å². The molecule has 2 amide bonds. The van der Waals surface area contributed by atoms with E-state index in [1.54, 1.807) is 0 Å². The number of hydrogen-bond acceptors (Lipinski definition) is 5. The molecule has 0 radical (unpaired) electrons. The fourth-order valence-electron chi connectivity index (χ4n) is 2.26. The topological polar surface area (TPSA) is 92.3 Å². The second-order valence-corrected chi connectivity index (χ2v) is 8.30. The highest BCUT2D eigenvalue weighted by molar-refractivity contribution is 8.18. The molecule has 28 heavy (non-hydrogen) atoms. The summed E-state index contributed by atoms with van der Waals surface area (Å²) in [6, 6.07) is 9.02. The van der Waals surface area contributed by atoms with Crippen molar-refractivity contribution in [3.63, 3.8) is 0 Å². The quantitative estimate of drug-likeness (QED) is 0.722. The Balaban J connectivity index is 1.76. The average Bonchev–Trinajstić information content (AvgIpc) is 2.92. The van der Waals surface area contributed by atoms with Crippen LogP contribution in [0.4, 0.5) is 23.7 Å². The third-order valence-electron chi connectivity index (χ3n) is 3.59. The van der Waals surface area contributed by atoms with Gasteiger partial charge in [0.15, 0.2) is 0 Å². The average molecular weight is 428 g/mol. The number of anilines is 1. The van der Waals surface area contributed by atoms with E-state index >= 15 is 0 Å². The molecule has 0 atom stereocenters. The maximum atomic E-state index is 12.6. The lowest BCUT2D eigenvalue weighted by atomic mass is 10.2. The molecule has 0 aromatic heterocycles. The summed E-state index contributed by atoms with van der Waals surface area (Å²) in [5, 5.41) is 1.61. The second kappa shape index (κ2) is 7.32. The highest BCUT2D eigenvalue weighted by Crippen LogP contribution is 2.30. The van der Waals surface area contributed by atoms with Gasteiger partial charge in [-0.3, -0.25) is 19.6 Å². The molecule has 1 heterocycles. The Hall–Kier alpha value is -2.79. The molecule has 0 saturated carbocycles. The molecule has 1 saturated heterocycles. The van der Waals surface area contributed by atoms with Gasteiger partial charge in [-0.2, -0.15) is 13.2 Å². The Labute approximate surface area is 161 Å². The molecule has 0 aliphatic carbocycles. The SMILES string of the molecule is O=C1NC(=O)C(=Cc2ccc(S(=O)(=O)Nc3ccc(C(F)(F)F)cc3)cc2)S1. The molecule has 0 bridgehead atoms. The first-order valence-electron chi connectivity index (χ1n) is 7.60. The number of rotatable bonds is 4. The number of benzene rings is 2.